The van der Waals surface area contributed by atoms with Crippen molar-refractivity contribution in [3.8, 4) is 0 Å². The van der Waals surface area contributed by atoms with E-state index in [1.165, 1.54) is 25.7 Å². The van der Waals surface area contributed by atoms with E-state index in [-0.39, 0.29) is 36.5 Å². The average Bonchev–Trinajstić information content (AvgIpc) is 2.98. The van der Waals surface area contributed by atoms with Gasteiger partial charge in [0.25, 0.3) is 0 Å². The van der Waals surface area contributed by atoms with Gasteiger partial charge < -0.3 is 14.6 Å². The molecular formula is C20H32Cl2N4O2. The van der Waals surface area contributed by atoms with E-state index in [1.807, 2.05) is 23.6 Å². The van der Waals surface area contributed by atoms with E-state index in [1.54, 1.807) is 0 Å². The number of H-pyrrole nitrogens is 1. The Labute approximate surface area is 178 Å². The Balaban J connectivity index is 0.00000140. The monoisotopic (exact) mass is 430 g/mol. The minimum Gasteiger partial charge on any atom is -0.379 e. The number of aromatic amines is 1. The molecule has 158 valence electrons. The number of aryl methyl sites for hydroxylation is 1. The van der Waals surface area contributed by atoms with E-state index in [0.717, 1.165) is 49.4 Å². The molecule has 4 rings (SSSR count). The average molecular weight is 431 g/mol. The maximum atomic E-state index is 12.5. The molecule has 0 aromatic carbocycles. The molecule has 0 spiro atoms. The number of aromatic nitrogens is 3. The van der Waals surface area contributed by atoms with Gasteiger partial charge in [0, 0.05) is 37.5 Å². The quantitative estimate of drug-likeness (QED) is 0.799. The van der Waals surface area contributed by atoms with Crippen molar-refractivity contribution < 1.29 is 4.74 Å². The number of pyridine rings is 1. The predicted octanol–water partition coefficient (Wildman–Crippen LogP) is 3.86. The number of piperidine rings is 1. The molecule has 0 unspecified atom stereocenters. The predicted molar refractivity (Wildman–Crippen MR) is 117 cm³/mol. The van der Waals surface area contributed by atoms with Gasteiger partial charge in [-0.1, -0.05) is 0 Å². The van der Waals surface area contributed by atoms with Crippen molar-refractivity contribution in [2.24, 2.45) is 0 Å². The van der Waals surface area contributed by atoms with Gasteiger partial charge in [-0.05, 0) is 64.5 Å². The first-order valence-corrected chi connectivity index (χ1v) is 10.1. The van der Waals surface area contributed by atoms with E-state index in [9.17, 15) is 4.79 Å². The zero-order valence-electron chi connectivity index (χ0n) is 16.7. The summed E-state index contributed by atoms with van der Waals surface area (Å²) in [5.41, 5.74) is 2.59. The van der Waals surface area contributed by atoms with Crippen LogP contribution in [0, 0.1) is 6.92 Å². The van der Waals surface area contributed by atoms with E-state index in [0.29, 0.717) is 12.1 Å². The Bertz CT molecular complexity index is 806. The summed E-state index contributed by atoms with van der Waals surface area (Å²) in [7, 11) is 0. The molecule has 0 radical (unpaired) electrons. The van der Waals surface area contributed by atoms with Crippen molar-refractivity contribution in [3.05, 3.63) is 28.3 Å². The van der Waals surface area contributed by atoms with E-state index >= 15 is 0 Å². The van der Waals surface area contributed by atoms with Crippen LogP contribution in [0.2, 0.25) is 0 Å². The second-order valence-corrected chi connectivity index (χ2v) is 7.78. The van der Waals surface area contributed by atoms with Crippen LogP contribution in [0.3, 0.4) is 0 Å². The Hall–Kier alpha value is -1.08. The molecular weight excluding hydrogens is 399 g/mol. The van der Waals surface area contributed by atoms with Crippen LogP contribution in [0.5, 0.6) is 0 Å². The number of halogens is 2. The number of hydrogen-bond donors (Lipinski definition) is 1. The molecule has 1 aliphatic carbocycles. The second kappa shape index (κ2) is 10.1. The molecule has 28 heavy (non-hydrogen) atoms. The Morgan fingerprint density at radius 2 is 1.75 bits per heavy atom. The normalized spacial score (nSPS) is 23.9. The lowest BCUT2D eigenvalue weighted by Gasteiger charge is -2.40. The number of likely N-dealkylation sites (tertiary alicyclic amines) is 1. The summed E-state index contributed by atoms with van der Waals surface area (Å²) in [5, 5.41) is 0. The van der Waals surface area contributed by atoms with Crippen molar-refractivity contribution >= 4 is 36.0 Å². The molecule has 1 saturated carbocycles. The Kier molecular flexibility index (Phi) is 8.37. The van der Waals surface area contributed by atoms with Gasteiger partial charge in [-0.2, -0.15) is 0 Å². The molecule has 2 aliphatic rings. The number of rotatable bonds is 4. The van der Waals surface area contributed by atoms with Gasteiger partial charge in [0.2, 0.25) is 0 Å². The van der Waals surface area contributed by atoms with Crippen LogP contribution >= 0.6 is 24.8 Å². The summed E-state index contributed by atoms with van der Waals surface area (Å²) in [4.78, 5) is 22.7. The first kappa shape index (κ1) is 23.2. The maximum Gasteiger partial charge on any atom is 0.327 e. The fraction of sp³-hybridized carbons (Fsp3) is 0.700. The molecule has 1 saturated heterocycles. The molecule has 0 atom stereocenters. The summed E-state index contributed by atoms with van der Waals surface area (Å²) >= 11 is 0. The lowest BCUT2D eigenvalue weighted by molar-refractivity contribution is 0.00795. The van der Waals surface area contributed by atoms with Gasteiger partial charge in [-0.25, -0.2) is 9.78 Å². The molecule has 1 N–H and O–H groups in total. The molecule has 0 amide bonds. The standard InChI is InChI=1S/C20H30N4O2.2ClH/c1-3-26-17-7-5-15(6-8-17)23-12-10-16(11-13-23)24-19-18(22-20(24)25)9-4-14(2)21-19;;/h4,9,15-17H,3,5-8,10-13H2,1-2H3,(H,22,25);2*1H/t15-,17-;;. The molecule has 2 fully saturated rings. The summed E-state index contributed by atoms with van der Waals surface area (Å²) in [6, 6.07) is 4.85. The van der Waals surface area contributed by atoms with Crippen LogP contribution in [-0.4, -0.2) is 51.3 Å². The van der Waals surface area contributed by atoms with Crippen LogP contribution in [0.25, 0.3) is 11.2 Å². The van der Waals surface area contributed by atoms with E-state index < -0.39 is 0 Å². The van der Waals surface area contributed by atoms with Gasteiger partial charge in [0.1, 0.15) is 0 Å². The molecule has 1 aliphatic heterocycles. The summed E-state index contributed by atoms with van der Waals surface area (Å²) in [5.74, 6) is 0. The number of nitrogens with zero attached hydrogens (tertiary/aromatic N) is 3. The summed E-state index contributed by atoms with van der Waals surface area (Å²) in [6.07, 6.45) is 7.36. The lowest BCUT2D eigenvalue weighted by Crippen LogP contribution is -2.45. The molecule has 0 bridgehead atoms. The number of ether oxygens (including phenoxy) is 1. The molecule has 3 heterocycles. The van der Waals surface area contributed by atoms with Gasteiger partial charge in [-0.3, -0.25) is 4.57 Å². The highest BCUT2D eigenvalue weighted by Crippen LogP contribution is 2.30. The van der Waals surface area contributed by atoms with Gasteiger partial charge in [0.15, 0.2) is 5.65 Å². The first-order chi connectivity index (χ1) is 12.7. The highest BCUT2D eigenvalue weighted by molar-refractivity contribution is 5.85. The molecule has 8 heteroatoms. The number of imidazole rings is 1. The third kappa shape index (κ3) is 4.73. The zero-order chi connectivity index (χ0) is 18.1. The largest absolute Gasteiger partial charge is 0.379 e. The van der Waals surface area contributed by atoms with E-state index in [2.05, 4.69) is 21.8 Å². The number of fused-ring (bicyclic) bond motifs is 1. The van der Waals surface area contributed by atoms with E-state index in [4.69, 9.17) is 4.74 Å². The topological polar surface area (TPSA) is 63.1 Å². The van der Waals surface area contributed by atoms with Crippen LogP contribution < -0.4 is 5.69 Å². The molecule has 6 nitrogen and oxygen atoms in total. The van der Waals surface area contributed by atoms with Crippen LogP contribution in [0.4, 0.5) is 0 Å². The van der Waals surface area contributed by atoms with Crippen molar-refractivity contribution in [2.45, 2.75) is 70.6 Å². The van der Waals surface area contributed by atoms with Gasteiger partial charge in [-0.15, -0.1) is 24.8 Å². The van der Waals surface area contributed by atoms with Crippen LogP contribution in [0.1, 0.15) is 57.2 Å². The molecule has 2 aromatic heterocycles. The maximum absolute atomic E-state index is 12.5. The fourth-order valence-electron chi connectivity index (χ4n) is 4.76. The third-order valence-corrected chi connectivity index (χ3v) is 6.13. The highest BCUT2D eigenvalue weighted by Gasteiger charge is 2.30. The van der Waals surface area contributed by atoms with Crippen molar-refractivity contribution in [3.63, 3.8) is 0 Å². The minimum absolute atomic E-state index is 0. The SMILES string of the molecule is CCO[C@H]1CC[C@H](N2CCC(n3c(=O)[nH]c4ccc(C)nc43)CC2)CC1.Cl.Cl. The Morgan fingerprint density at radius 1 is 1.07 bits per heavy atom. The zero-order valence-corrected chi connectivity index (χ0v) is 18.4. The summed E-state index contributed by atoms with van der Waals surface area (Å²) in [6.45, 7) is 7.02. The lowest BCUT2D eigenvalue weighted by atomic mass is 9.90. The first-order valence-electron chi connectivity index (χ1n) is 10.1. The van der Waals surface area contributed by atoms with Crippen molar-refractivity contribution in [1.82, 2.24) is 19.4 Å². The summed E-state index contributed by atoms with van der Waals surface area (Å²) < 4.78 is 7.68. The van der Waals surface area contributed by atoms with Crippen molar-refractivity contribution in [1.29, 1.82) is 0 Å². The number of hydrogen-bond acceptors (Lipinski definition) is 4. The minimum atomic E-state index is -0.0197. The molecule has 2 aromatic rings. The van der Waals surface area contributed by atoms with Gasteiger partial charge in [0.05, 0.1) is 11.6 Å². The third-order valence-electron chi connectivity index (χ3n) is 6.13. The Morgan fingerprint density at radius 3 is 2.39 bits per heavy atom. The van der Waals surface area contributed by atoms with Crippen LogP contribution in [0.15, 0.2) is 16.9 Å². The fourth-order valence-corrected chi connectivity index (χ4v) is 4.76. The van der Waals surface area contributed by atoms with Gasteiger partial charge >= 0.3 is 5.69 Å². The number of nitrogens with one attached hydrogen (secondary N) is 1. The van der Waals surface area contributed by atoms with Crippen molar-refractivity contribution in [2.75, 3.05) is 19.7 Å². The van der Waals surface area contributed by atoms with Crippen LogP contribution in [-0.2, 0) is 4.74 Å². The second-order valence-electron chi connectivity index (χ2n) is 7.78. The highest BCUT2D eigenvalue weighted by atomic mass is 35.5. The smallest absolute Gasteiger partial charge is 0.327 e.